The van der Waals surface area contributed by atoms with Crippen LogP contribution >= 0.6 is 12.4 Å². The second-order valence-electron chi connectivity index (χ2n) is 4.99. The van der Waals surface area contributed by atoms with Gasteiger partial charge in [-0.2, -0.15) is 13.2 Å². The summed E-state index contributed by atoms with van der Waals surface area (Å²) in [6.45, 7) is -1.39. The summed E-state index contributed by atoms with van der Waals surface area (Å²) in [5, 5.41) is 4.35. The van der Waals surface area contributed by atoms with Crippen molar-refractivity contribution in [3.05, 3.63) is 29.8 Å². The minimum absolute atomic E-state index is 0. The Labute approximate surface area is 130 Å². The molecular weight excluding hydrogens is 323 g/mol. The lowest BCUT2D eigenvalue weighted by Gasteiger charge is -2.11. The number of alkyl halides is 3. The highest BCUT2D eigenvalue weighted by atomic mass is 35.5. The molecule has 0 aliphatic heterocycles. The van der Waals surface area contributed by atoms with E-state index in [4.69, 9.17) is 5.73 Å². The zero-order valence-corrected chi connectivity index (χ0v) is 12.2. The van der Waals surface area contributed by atoms with Crippen LogP contribution in [0.1, 0.15) is 23.2 Å². The molecule has 0 saturated heterocycles. The van der Waals surface area contributed by atoms with Gasteiger partial charge in [0.15, 0.2) is 0 Å². The van der Waals surface area contributed by atoms with E-state index in [0.29, 0.717) is 18.5 Å². The predicted octanol–water partition coefficient (Wildman–Crippen LogP) is 1.83. The van der Waals surface area contributed by atoms with Gasteiger partial charge in [-0.3, -0.25) is 9.59 Å². The minimum Gasteiger partial charge on any atom is -0.343 e. The molecule has 9 heteroatoms. The van der Waals surface area contributed by atoms with E-state index >= 15 is 0 Å². The predicted molar refractivity (Wildman–Crippen MR) is 76.9 cm³/mol. The Bertz CT molecular complexity index is 557. The first-order valence-electron chi connectivity index (χ1n) is 6.25. The third-order valence-corrected chi connectivity index (χ3v) is 3.10. The lowest BCUT2D eigenvalue weighted by Crippen LogP contribution is -2.37. The molecule has 0 aromatic heterocycles. The average molecular weight is 338 g/mol. The first-order chi connectivity index (χ1) is 9.70. The fraction of sp³-hybridized carbons (Fsp3) is 0.385. The van der Waals surface area contributed by atoms with Crippen LogP contribution in [-0.4, -0.2) is 30.1 Å². The number of anilines is 1. The highest BCUT2D eigenvalue weighted by molar-refractivity contribution is 6.00. The molecule has 22 heavy (non-hydrogen) atoms. The van der Waals surface area contributed by atoms with E-state index in [1.54, 1.807) is 5.32 Å². The number of benzene rings is 1. The second-order valence-corrected chi connectivity index (χ2v) is 4.99. The molecule has 1 saturated carbocycles. The van der Waals surface area contributed by atoms with Crippen LogP contribution in [0.5, 0.6) is 0 Å². The normalized spacial score (nSPS) is 15.5. The third kappa shape index (κ3) is 4.88. The van der Waals surface area contributed by atoms with Gasteiger partial charge in [0.05, 0.1) is 5.54 Å². The van der Waals surface area contributed by atoms with Gasteiger partial charge in [-0.05, 0) is 37.1 Å². The van der Waals surface area contributed by atoms with Crippen LogP contribution in [0.3, 0.4) is 0 Å². The summed E-state index contributed by atoms with van der Waals surface area (Å²) < 4.78 is 35.9. The molecule has 0 bridgehead atoms. The molecule has 5 nitrogen and oxygen atoms in total. The molecule has 122 valence electrons. The number of rotatable bonds is 4. The van der Waals surface area contributed by atoms with E-state index < -0.39 is 24.2 Å². The summed E-state index contributed by atoms with van der Waals surface area (Å²) in [6.07, 6.45) is -3.21. The Morgan fingerprint density at radius 1 is 1.18 bits per heavy atom. The largest absolute Gasteiger partial charge is 0.405 e. The van der Waals surface area contributed by atoms with Crippen molar-refractivity contribution >= 4 is 29.9 Å². The number of nitrogens with two attached hydrogens (primary N) is 1. The minimum atomic E-state index is -4.46. The van der Waals surface area contributed by atoms with Crippen molar-refractivity contribution in [1.82, 2.24) is 5.32 Å². The van der Waals surface area contributed by atoms with Crippen LogP contribution in [0.2, 0.25) is 0 Å². The van der Waals surface area contributed by atoms with E-state index in [0.717, 1.165) is 0 Å². The number of carbonyl (C=O) groups excluding carboxylic acids is 2. The number of amides is 2. The topological polar surface area (TPSA) is 84.2 Å². The molecule has 1 aliphatic carbocycles. The monoisotopic (exact) mass is 337 g/mol. The Hall–Kier alpha value is -1.80. The fourth-order valence-corrected chi connectivity index (χ4v) is 1.60. The Balaban J connectivity index is 0.00000242. The summed E-state index contributed by atoms with van der Waals surface area (Å²) in [4.78, 5) is 23.2. The first-order valence-corrected chi connectivity index (χ1v) is 6.25. The first kappa shape index (κ1) is 18.2. The molecule has 1 aromatic rings. The molecule has 1 fully saturated rings. The SMILES string of the molecule is Cl.NC1(C(=O)Nc2ccc(C(=O)NCC(F)(F)F)cc2)CC1. The van der Waals surface area contributed by atoms with Crippen LogP contribution in [-0.2, 0) is 4.79 Å². The van der Waals surface area contributed by atoms with Crippen molar-refractivity contribution in [2.24, 2.45) is 5.73 Å². The average Bonchev–Trinajstić information content (AvgIpc) is 3.15. The Morgan fingerprint density at radius 2 is 1.73 bits per heavy atom. The number of nitrogens with one attached hydrogen (secondary N) is 2. The second kappa shape index (κ2) is 6.53. The lowest BCUT2D eigenvalue weighted by molar-refractivity contribution is -0.123. The van der Waals surface area contributed by atoms with Gasteiger partial charge in [0.1, 0.15) is 6.54 Å². The van der Waals surface area contributed by atoms with Crippen molar-refractivity contribution in [1.29, 1.82) is 0 Å². The van der Waals surface area contributed by atoms with E-state index in [9.17, 15) is 22.8 Å². The maximum atomic E-state index is 12.0. The summed E-state index contributed by atoms with van der Waals surface area (Å²) in [7, 11) is 0. The third-order valence-electron chi connectivity index (χ3n) is 3.10. The van der Waals surface area contributed by atoms with E-state index in [1.165, 1.54) is 24.3 Å². The highest BCUT2D eigenvalue weighted by Gasteiger charge is 2.45. The quantitative estimate of drug-likeness (QED) is 0.783. The van der Waals surface area contributed by atoms with Gasteiger partial charge in [0, 0.05) is 11.3 Å². The number of hydrogen-bond acceptors (Lipinski definition) is 3. The Morgan fingerprint density at radius 3 is 2.18 bits per heavy atom. The standard InChI is InChI=1S/C13H14F3N3O2.ClH/c14-13(15,16)7-18-10(20)8-1-3-9(4-2-8)19-11(21)12(17)5-6-12;/h1-4H,5-7,17H2,(H,18,20)(H,19,21);1H. The summed E-state index contributed by atoms with van der Waals surface area (Å²) in [5.74, 6) is -1.14. The van der Waals surface area contributed by atoms with Crippen LogP contribution in [0.25, 0.3) is 0 Å². The molecular formula is C13H15ClF3N3O2. The van der Waals surface area contributed by atoms with Gasteiger partial charge >= 0.3 is 6.18 Å². The smallest absolute Gasteiger partial charge is 0.343 e. The van der Waals surface area contributed by atoms with E-state index in [-0.39, 0.29) is 23.9 Å². The molecule has 0 radical (unpaired) electrons. The fourth-order valence-electron chi connectivity index (χ4n) is 1.60. The van der Waals surface area contributed by atoms with E-state index in [1.807, 2.05) is 0 Å². The van der Waals surface area contributed by atoms with Crippen molar-refractivity contribution in [3.63, 3.8) is 0 Å². The lowest BCUT2D eigenvalue weighted by atomic mass is 10.2. The summed E-state index contributed by atoms with van der Waals surface area (Å²) >= 11 is 0. The molecule has 0 atom stereocenters. The van der Waals surface area contributed by atoms with E-state index in [2.05, 4.69) is 5.32 Å². The zero-order chi connectivity index (χ0) is 15.7. The molecule has 0 spiro atoms. The summed E-state index contributed by atoms with van der Waals surface area (Å²) in [5.41, 5.74) is 5.41. The molecule has 1 aliphatic rings. The number of carbonyl (C=O) groups is 2. The molecule has 2 rings (SSSR count). The molecule has 2 amide bonds. The van der Waals surface area contributed by atoms with Crippen LogP contribution in [0.15, 0.2) is 24.3 Å². The molecule has 4 N–H and O–H groups in total. The van der Waals surface area contributed by atoms with Gasteiger partial charge in [-0.1, -0.05) is 0 Å². The maximum Gasteiger partial charge on any atom is 0.405 e. The number of hydrogen-bond donors (Lipinski definition) is 3. The van der Waals surface area contributed by atoms with Crippen molar-refractivity contribution in [2.45, 2.75) is 24.6 Å². The van der Waals surface area contributed by atoms with Gasteiger partial charge < -0.3 is 16.4 Å². The van der Waals surface area contributed by atoms with Gasteiger partial charge in [0.25, 0.3) is 5.91 Å². The van der Waals surface area contributed by atoms with Crippen LogP contribution in [0.4, 0.5) is 18.9 Å². The van der Waals surface area contributed by atoms with Gasteiger partial charge in [-0.25, -0.2) is 0 Å². The van der Waals surface area contributed by atoms with Gasteiger partial charge in [0.2, 0.25) is 5.91 Å². The molecule has 0 unspecified atom stereocenters. The summed E-state index contributed by atoms with van der Waals surface area (Å²) in [6, 6.07) is 5.53. The molecule has 0 heterocycles. The zero-order valence-electron chi connectivity index (χ0n) is 11.4. The van der Waals surface area contributed by atoms with Crippen molar-refractivity contribution in [2.75, 3.05) is 11.9 Å². The van der Waals surface area contributed by atoms with Crippen LogP contribution < -0.4 is 16.4 Å². The van der Waals surface area contributed by atoms with Crippen LogP contribution in [0, 0.1) is 0 Å². The van der Waals surface area contributed by atoms with Gasteiger partial charge in [-0.15, -0.1) is 12.4 Å². The van der Waals surface area contributed by atoms with Crippen molar-refractivity contribution < 1.29 is 22.8 Å². The van der Waals surface area contributed by atoms with Crippen molar-refractivity contribution in [3.8, 4) is 0 Å². The maximum absolute atomic E-state index is 12.0. The highest BCUT2D eigenvalue weighted by Crippen LogP contribution is 2.33. The number of halogens is 4. The molecule has 1 aromatic carbocycles. The Kier molecular flexibility index (Phi) is 5.42.